The number of hydrogen-bond donors (Lipinski definition) is 1. The molecule has 1 N–H and O–H groups in total. The minimum atomic E-state index is -1.27. The molecule has 0 aliphatic carbocycles. The van der Waals surface area contributed by atoms with Crippen LogP contribution in [0.2, 0.25) is 0 Å². The van der Waals surface area contributed by atoms with Crippen LogP contribution in [0.4, 0.5) is 0 Å². The number of carboxylic acid groups (broad SMARTS) is 1. The van der Waals surface area contributed by atoms with Gasteiger partial charge >= 0.3 is 5.97 Å². The highest BCUT2D eigenvalue weighted by atomic mass is 16.4. The van der Waals surface area contributed by atoms with Crippen LogP contribution in [0.3, 0.4) is 0 Å². The van der Waals surface area contributed by atoms with Gasteiger partial charge in [0.1, 0.15) is 0 Å². The predicted octanol–water partition coefficient (Wildman–Crippen LogP) is -1.18. The van der Waals surface area contributed by atoms with Crippen molar-refractivity contribution in [3.8, 4) is 0 Å². The summed E-state index contributed by atoms with van der Waals surface area (Å²) in [7, 11) is 0. The molecule has 8 nitrogen and oxygen atoms in total. The quantitative estimate of drug-likeness (QED) is 0.633. The standard InChI is InChI=1S/C10H8N2O6/c13-6-1-2-7(14)11(6)12-8(15)3-5(10(12)18)4-9(16)17/h3H,1-2,4H2,(H,16,17). The second kappa shape index (κ2) is 4.06. The van der Waals surface area contributed by atoms with E-state index in [-0.39, 0.29) is 18.4 Å². The lowest BCUT2D eigenvalue weighted by molar-refractivity contribution is -0.171. The van der Waals surface area contributed by atoms with Crippen molar-refractivity contribution in [2.45, 2.75) is 19.3 Å². The van der Waals surface area contributed by atoms with Gasteiger partial charge in [0.15, 0.2) is 0 Å². The van der Waals surface area contributed by atoms with Gasteiger partial charge in [0.05, 0.1) is 6.42 Å². The van der Waals surface area contributed by atoms with Gasteiger partial charge in [0, 0.05) is 24.5 Å². The summed E-state index contributed by atoms with van der Waals surface area (Å²) in [6, 6.07) is 0. The minimum absolute atomic E-state index is 0.0653. The zero-order valence-electron chi connectivity index (χ0n) is 9.08. The third-order valence-electron chi connectivity index (χ3n) is 2.54. The first-order chi connectivity index (χ1) is 8.41. The summed E-state index contributed by atoms with van der Waals surface area (Å²) in [6.07, 6.45) is 0.0704. The van der Waals surface area contributed by atoms with E-state index in [1.54, 1.807) is 0 Å². The molecular formula is C10H8N2O6. The predicted molar refractivity (Wildman–Crippen MR) is 53.3 cm³/mol. The maximum Gasteiger partial charge on any atom is 0.308 e. The molecule has 0 saturated carbocycles. The Morgan fingerprint density at radius 1 is 1.11 bits per heavy atom. The number of carboxylic acids is 1. The van der Waals surface area contributed by atoms with Crippen LogP contribution in [0, 0.1) is 0 Å². The highest BCUT2D eigenvalue weighted by molar-refractivity contribution is 6.20. The molecule has 0 spiro atoms. The first-order valence-corrected chi connectivity index (χ1v) is 5.08. The topological polar surface area (TPSA) is 112 Å². The molecule has 0 aromatic heterocycles. The summed E-state index contributed by atoms with van der Waals surface area (Å²) < 4.78 is 0. The van der Waals surface area contributed by atoms with E-state index in [0.717, 1.165) is 6.08 Å². The maximum atomic E-state index is 11.8. The van der Waals surface area contributed by atoms with Crippen LogP contribution in [-0.2, 0) is 24.0 Å². The maximum absolute atomic E-state index is 11.8. The first kappa shape index (κ1) is 12.0. The Morgan fingerprint density at radius 3 is 2.17 bits per heavy atom. The third-order valence-corrected chi connectivity index (χ3v) is 2.54. The lowest BCUT2D eigenvalue weighted by atomic mass is 10.2. The Labute approximate surface area is 100 Å². The zero-order valence-corrected chi connectivity index (χ0v) is 9.08. The lowest BCUT2D eigenvalue weighted by Crippen LogP contribution is -2.49. The average Bonchev–Trinajstić information content (AvgIpc) is 2.71. The van der Waals surface area contributed by atoms with Gasteiger partial charge in [0.25, 0.3) is 11.8 Å². The molecule has 2 aliphatic rings. The molecule has 0 bridgehead atoms. The number of rotatable bonds is 3. The number of carbonyl (C=O) groups is 5. The van der Waals surface area contributed by atoms with Gasteiger partial charge in [-0.3, -0.25) is 24.0 Å². The molecule has 0 aromatic carbocycles. The molecule has 0 radical (unpaired) electrons. The van der Waals surface area contributed by atoms with Crippen molar-refractivity contribution in [2.75, 3.05) is 0 Å². The number of amides is 4. The van der Waals surface area contributed by atoms with E-state index < -0.39 is 36.0 Å². The fourth-order valence-corrected chi connectivity index (χ4v) is 1.77. The van der Waals surface area contributed by atoms with Crippen LogP contribution in [0.15, 0.2) is 11.6 Å². The molecule has 1 fully saturated rings. The molecule has 0 atom stereocenters. The van der Waals surface area contributed by atoms with Crippen LogP contribution >= 0.6 is 0 Å². The van der Waals surface area contributed by atoms with Crippen LogP contribution in [-0.4, -0.2) is 44.7 Å². The van der Waals surface area contributed by atoms with Crippen molar-refractivity contribution in [3.05, 3.63) is 11.6 Å². The van der Waals surface area contributed by atoms with Crippen molar-refractivity contribution in [2.24, 2.45) is 0 Å². The smallest absolute Gasteiger partial charge is 0.308 e. The molecule has 18 heavy (non-hydrogen) atoms. The summed E-state index contributed by atoms with van der Waals surface area (Å²) in [5.74, 6) is -4.38. The molecule has 0 unspecified atom stereocenters. The highest BCUT2D eigenvalue weighted by Crippen LogP contribution is 2.23. The number of nitrogens with zero attached hydrogens (tertiary/aromatic N) is 2. The average molecular weight is 252 g/mol. The van der Waals surface area contributed by atoms with Crippen LogP contribution in [0.5, 0.6) is 0 Å². The fourth-order valence-electron chi connectivity index (χ4n) is 1.77. The molecule has 0 aromatic rings. The van der Waals surface area contributed by atoms with Gasteiger partial charge in [-0.2, -0.15) is 10.0 Å². The third kappa shape index (κ3) is 1.77. The van der Waals surface area contributed by atoms with Gasteiger partial charge in [0.2, 0.25) is 11.8 Å². The van der Waals surface area contributed by atoms with E-state index in [9.17, 15) is 24.0 Å². The summed E-state index contributed by atoms with van der Waals surface area (Å²) in [4.78, 5) is 56.6. The highest BCUT2D eigenvalue weighted by Gasteiger charge is 2.44. The van der Waals surface area contributed by atoms with Crippen LogP contribution in [0.25, 0.3) is 0 Å². The molecule has 8 heteroatoms. The SMILES string of the molecule is O=C(O)CC1=CC(=O)N(N2C(=O)CCC2=O)C1=O. The normalized spacial score (nSPS) is 19.9. The Hall–Kier alpha value is -2.51. The van der Waals surface area contributed by atoms with Crippen molar-refractivity contribution in [1.29, 1.82) is 0 Å². The lowest BCUT2D eigenvalue weighted by Gasteiger charge is -2.23. The Morgan fingerprint density at radius 2 is 1.67 bits per heavy atom. The first-order valence-electron chi connectivity index (χ1n) is 5.08. The van der Waals surface area contributed by atoms with Gasteiger partial charge in [-0.1, -0.05) is 0 Å². The minimum Gasteiger partial charge on any atom is -0.481 e. The number of carbonyl (C=O) groups excluding carboxylic acids is 4. The van der Waals surface area contributed by atoms with Crippen LogP contribution < -0.4 is 0 Å². The monoisotopic (exact) mass is 252 g/mol. The molecule has 94 valence electrons. The largest absolute Gasteiger partial charge is 0.481 e. The van der Waals surface area contributed by atoms with Crippen molar-refractivity contribution in [3.63, 3.8) is 0 Å². The summed E-state index contributed by atoms with van der Waals surface area (Å²) in [5, 5.41) is 9.44. The molecule has 1 saturated heterocycles. The van der Waals surface area contributed by atoms with Gasteiger partial charge in [-0.25, -0.2) is 0 Å². The summed E-state index contributed by atoms with van der Waals surface area (Å²) in [5.41, 5.74) is -0.250. The van der Waals surface area contributed by atoms with E-state index in [1.165, 1.54) is 0 Å². The molecular weight excluding hydrogens is 244 g/mol. The van der Waals surface area contributed by atoms with E-state index in [0.29, 0.717) is 10.0 Å². The second-order valence-corrected chi connectivity index (χ2v) is 3.79. The van der Waals surface area contributed by atoms with E-state index in [1.807, 2.05) is 0 Å². The van der Waals surface area contributed by atoms with E-state index >= 15 is 0 Å². The van der Waals surface area contributed by atoms with Gasteiger partial charge < -0.3 is 5.11 Å². The summed E-state index contributed by atoms with van der Waals surface area (Å²) in [6.45, 7) is 0. The number of hydrogen-bond acceptors (Lipinski definition) is 5. The zero-order chi connectivity index (χ0) is 13.4. The molecule has 2 rings (SSSR count). The van der Waals surface area contributed by atoms with E-state index in [4.69, 9.17) is 5.11 Å². The Balaban J connectivity index is 2.25. The van der Waals surface area contributed by atoms with E-state index in [2.05, 4.69) is 0 Å². The molecule has 2 heterocycles. The van der Waals surface area contributed by atoms with Gasteiger partial charge in [-0.05, 0) is 0 Å². The molecule has 4 amide bonds. The molecule has 2 aliphatic heterocycles. The van der Waals surface area contributed by atoms with Gasteiger partial charge in [-0.15, -0.1) is 0 Å². The second-order valence-electron chi connectivity index (χ2n) is 3.79. The van der Waals surface area contributed by atoms with Crippen LogP contribution in [0.1, 0.15) is 19.3 Å². The van der Waals surface area contributed by atoms with Crippen molar-refractivity contribution < 1.29 is 29.1 Å². The number of hydrazine groups is 1. The van der Waals surface area contributed by atoms with Crippen molar-refractivity contribution >= 4 is 29.6 Å². The number of imide groups is 2. The Kier molecular flexibility index (Phi) is 2.70. The Bertz CT molecular complexity index is 504. The van der Waals surface area contributed by atoms with Crippen molar-refractivity contribution in [1.82, 2.24) is 10.0 Å². The fraction of sp³-hybridized carbons (Fsp3) is 0.300. The summed E-state index contributed by atoms with van der Waals surface area (Å²) >= 11 is 0. The number of aliphatic carboxylic acids is 1.